The molecule has 184 valence electrons. The maximum absolute atomic E-state index is 14.5. The number of halogens is 4. The van der Waals surface area contributed by atoms with Crippen LogP contribution in [-0.2, 0) is 19.3 Å². The molecule has 4 aromatic rings. The van der Waals surface area contributed by atoms with Gasteiger partial charge in [0.05, 0.1) is 24.3 Å². The van der Waals surface area contributed by atoms with Gasteiger partial charge in [0.15, 0.2) is 0 Å². The predicted octanol–water partition coefficient (Wildman–Crippen LogP) is 2.93. The Morgan fingerprint density at radius 2 is 1.64 bits per heavy atom. The molecule has 0 unspecified atom stereocenters. The molecule has 0 spiro atoms. The average Bonchev–Trinajstić information content (AvgIpc) is 2.86. The Morgan fingerprint density at radius 1 is 0.944 bits per heavy atom. The number of para-hydroxylation sites is 1. The van der Waals surface area contributed by atoms with E-state index in [9.17, 15) is 31.9 Å². The first kappa shape index (κ1) is 24.5. The van der Waals surface area contributed by atoms with Gasteiger partial charge in [-0.25, -0.2) is 9.18 Å². The van der Waals surface area contributed by atoms with Gasteiger partial charge in [-0.3, -0.25) is 19.1 Å². The number of hydrogen-bond acceptors (Lipinski definition) is 5. The summed E-state index contributed by atoms with van der Waals surface area (Å²) in [6.45, 7) is -0.536. The molecular weight excluding hydrogens is 482 g/mol. The van der Waals surface area contributed by atoms with Crippen LogP contribution < -0.4 is 16.6 Å². The van der Waals surface area contributed by atoms with E-state index >= 15 is 0 Å². The molecule has 0 fully saturated rings. The van der Waals surface area contributed by atoms with Crippen LogP contribution in [0, 0.1) is 5.82 Å². The van der Waals surface area contributed by atoms with E-state index in [1.165, 1.54) is 24.4 Å². The number of hydrogen-bond donors (Lipinski definition) is 1. The second-order valence-corrected chi connectivity index (χ2v) is 7.58. The Balaban J connectivity index is 1.77. The second kappa shape index (κ2) is 9.94. The molecule has 2 aromatic carbocycles. The van der Waals surface area contributed by atoms with E-state index in [0.717, 1.165) is 30.3 Å². The lowest BCUT2D eigenvalue weighted by Crippen LogP contribution is -2.46. The van der Waals surface area contributed by atoms with Crippen LogP contribution in [0.25, 0.3) is 5.69 Å². The summed E-state index contributed by atoms with van der Waals surface area (Å²) in [6, 6.07) is 13.9. The normalized spacial score (nSPS) is 11.3. The van der Waals surface area contributed by atoms with Gasteiger partial charge >= 0.3 is 11.9 Å². The summed E-state index contributed by atoms with van der Waals surface area (Å²) in [5, 5.41) is 6.29. The Kier molecular flexibility index (Phi) is 6.77. The third-order valence-corrected chi connectivity index (χ3v) is 5.13. The molecule has 0 aliphatic heterocycles. The SMILES string of the molecule is O=C(NCc1ccccn1)c1nn(-c2ccccc2F)c(=O)n(Cc2ccc(C(F)(F)F)cc2)c1=O. The quantitative estimate of drug-likeness (QED) is 0.412. The highest BCUT2D eigenvalue weighted by atomic mass is 19.4. The fourth-order valence-corrected chi connectivity index (χ4v) is 3.32. The van der Waals surface area contributed by atoms with Gasteiger partial charge in [0.1, 0.15) is 11.5 Å². The molecule has 1 amide bonds. The van der Waals surface area contributed by atoms with E-state index in [0.29, 0.717) is 14.9 Å². The number of aromatic nitrogens is 4. The van der Waals surface area contributed by atoms with Crippen molar-refractivity contribution in [2.75, 3.05) is 0 Å². The highest BCUT2D eigenvalue weighted by molar-refractivity contribution is 5.91. The monoisotopic (exact) mass is 499 g/mol. The molecule has 36 heavy (non-hydrogen) atoms. The van der Waals surface area contributed by atoms with Crippen LogP contribution in [0.5, 0.6) is 0 Å². The average molecular weight is 499 g/mol. The van der Waals surface area contributed by atoms with E-state index in [-0.39, 0.29) is 17.8 Å². The van der Waals surface area contributed by atoms with Gasteiger partial charge in [-0.05, 0) is 42.0 Å². The zero-order valence-electron chi connectivity index (χ0n) is 18.4. The van der Waals surface area contributed by atoms with Crippen molar-refractivity contribution in [3.63, 3.8) is 0 Å². The molecule has 0 saturated carbocycles. The summed E-state index contributed by atoms with van der Waals surface area (Å²) in [5.41, 5.74) is -3.45. The van der Waals surface area contributed by atoms with Crippen LogP contribution in [0.2, 0.25) is 0 Å². The van der Waals surface area contributed by atoms with Gasteiger partial charge in [0.2, 0.25) is 5.69 Å². The molecule has 12 heteroatoms. The van der Waals surface area contributed by atoms with Crippen molar-refractivity contribution >= 4 is 5.91 Å². The minimum Gasteiger partial charge on any atom is -0.345 e. The number of carbonyl (C=O) groups is 1. The van der Waals surface area contributed by atoms with Gasteiger partial charge in [-0.15, -0.1) is 0 Å². The first-order valence-corrected chi connectivity index (χ1v) is 10.5. The van der Waals surface area contributed by atoms with E-state index in [2.05, 4.69) is 15.4 Å². The third kappa shape index (κ3) is 5.22. The first-order valence-electron chi connectivity index (χ1n) is 10.5. The zero-order valence-corrected chi connectivity index (χ0v) is 18.4. The number of nitrogens with zero attached hydrogens (tertiary/aromatic N) is 4. The second-order valence-electron chi connectivity index (χ2n) is 7.58. The minimum atomic E-state index is -4.57. The van der Waals surface area contributed by atoms with Crippen molar-refractivity contribution in [3.05, 3.63) is 122 Å². The molecule has 0 bridgehead atoms. The number of rotatable bonds is 6. The molecular formula is C24H17F4N5O3. The fraction of sp³-hybridized carbons (Fsp3) is 0.125. The van der Waals surface area contributed by atoms with Crippen molar-refractivity contribution in [1.29, 1.82) is 0 Å². The van der Waals surface area contributed by atoms with Crippen LogP contribution in [0.4, 0.5) is 17.6 Å². The van der Waals surface area contributed by atoms with E-state index in [1.807, 2.05) is 0 Å². The van der Waals surface area contributed by atoms with Crippen molar-refractivity contribution in [2.45, 2.75) is 19.3 Å². The topological polar surface area (TPSA) is 98.9 Å². The summed E-state index contributed by atoms with van der Waals surface area (Å²) >= 11 is 0. The summed E-state index contributed by atoms with van der Waals surface area (Å²) < 4.78 is 54.3. The minimum absolute atomic E-state index is 0.0570. The Morgan fingerprint density at radius 3 is 2.28 bits per heavy atom. The molecule has 2 aromatic heterocycles. The first-order chi connectivity index (χ1) is 17.1. The Labute approximate surface area is 200 Å². The fourth-order valence-electron chi connectivity index (χ4n) is 3.32. The maximum Gasteiger partial charge on any atom is 0.416 e. The Hall–Kier alpha value is -4.61. The molecule has 4 rings (SSSR count). The maximum atomic E-state index is 14.5. The largest absolute Gasteiger partial charge is 0.416 e. The van der Waals surface area contributed by atoms with Gasteiger partial charge in [-0.1, -0.05) is 30.3 Å². The number of alkyl halides is 3. The Bertz CT molecular complexity index is 1510. The summed E-state index contributed by atoms with van der Waals surface area (Å²) in [6.07, 6.45) is -3.06. The van der Waals surface area contributed by atoms with Crippen LogP contribution >= 0.6 is 0 Å². The smallest absolute Gasteiger partial charge is 0.345 e. The third-order valence-electron chi connectivity index (χ3n) is 5.13. The van der Waals surface area contributed by atoms with Crippen LogP contribution in [0.3, 0.4) is 0 Å². The highest BCUT2D eigenvalue weighted by Gasteiger charge is 2.30. The van der Waals surface area contributed by atoms with E-state index < -0.39 is 47.0 Å². The molecule has 0 atom stereocenters. The molecule has 2 heterocycles. The lowest BCUT2D eigenvalue weighted by atomic mass is 10.1. The highest BCUT2D eigenvalue weighted by Crippen LogP contribution is 2.29. The van der Waals surface area contributed by atoms with Crippen molar-refractivity contribution < 1.29 is 22.4 Å². The van der Waals surface area contributed by atoms with Gasteiger partial charge in [0, 0.05) is 6.20 Å². The van der Waals surface area contributed by atoms with Crippen LogP contribution in [0.15, 0.2) is 82.5 Å². The van der Waals surface area contributed by atoms with Crippen LogP contribution in [-0.4, -0.2) is 25.2 Å². The number of pyridine rings is 1. The van der Waals surface area contributed by atoms with E-state index in [4.69, 9.17) is 0 Å². The molecule has 0 aliphatic rings. The van der Waals surface area contributed by atoms with E-state index in [1.54, 1.807) is 18.2 Å². The van der Waals surface area contributed by atoms with Gasteiger partial charge in [-0.2, -0.15) is 23.0 Å². The summed E-state index contributed by atoms with van der Waals surface area (Å²) in [7, 11) is 0. The number of nitrogens with one attached hydrogen (secondary N) is 1. The number of amides is 1. The van der Waals surface area contributed by atoms with Crippen molar-refractivity contribution in [2.24, 2.45) is 0 Å². The van der Waals surface area contributed by atoms with Crippen molar-refractivity contribution in [1.82, 2.24) is 24.6 Å². The molecule has 0 radical (unpaired) electrons. The van der Waals surface area contributed by atoms with Crippen LogP contribution in [0.1, 0.15) is 27.3 Å². The predicted molar refractivity (Wildman–Crippen MR) is 120 cm³/mol. The molecule has 0 aliphatic carbocycles. The zero-order chi connectivity index (χ0) is 25.9. The lowest BCUT2D eigenvalue weighted by molar-refractivity contribution is -0.137. The lowest BCUT2D eigenvalue weighted by Gasteiger charge is -2.13. The van der Waals surface area contributed by atoms with Crippen molar-refractivity contribution in [3.8, 4) is 5.69 Å². The van der Waals surface area contributed by atoms with Gasteiger partial charge in [0.25, 0.3) is 11.5 Å². The number of carbonyl (C=O) groups excluding carboxylic acids is 1. The summed E-state index contributed by atoms with van der Waals surface area (Å²) in [5.74, 6) is -1.79. The van der Waals surface area contributed by atoms with Gasteiger partial charge < -0.3 is 5.32 Å². The molecule has 1 N–H and O–H groups in total. The molecule has 0 saturated heterocycles. The molecule has 8 nitrogen and oxygen atoms in total. The number of benzene rings is 2. The standard InChI is InChI=1S/C24H17F4N5O3/c25-18-6-1-2-7-19(18)33-23(36)32(14-15-8-10-16(11-9-15)24(26,27)28)22(35)20(31-33)21(34)30-13-17-5-3-4-12-29-17/h1-12H,13-14H2,(H,30,34). The summed E-state index contributed by atoms with van der Waals surface area (Å²) in [4.78, 5) is 43.1.